The van der Waals surface area contributed by atoms with E-state index in [1.807, 2.05) is 19.2 Å². The van der Waals surface area contributed by atoms with Crippen molar-refractivity contribution in [3.05, 3.63) is 23.8 Å². The van der Waals surface area contributed by atoms with E-state index in [9.17, 15) is 0 Å². The second kappa shape index (κ2) is 5.55. The summed E-state index contributed by atoms with van der Waals surface area (Å²) in [7, 11) is 0. The second-order valence-electron chi connectivity index (χ2n) is 5.90. The molecular formula is C15H23N3O. The van der Waals surface area contributed by atoms with Gasteiger partial charge in [-0.15, -0.1) is 0 Å². The van der Waals surface area contributed by atoms with Crippen molar-refractivity contribution in [3.63, 3.8) is 0 Å². The third-order valence-electron chi connectivity index (χ3n) is 4.41. The molecule has 4 nitrogen and oxygen atoms in total. The first-order valence-corrected chi connectivity index (χ1v) is 7.42. The van der Waals surface area contributed by atoms with Gasteiger partial charge in [0.15, 0.2) is 0 Å². The molecule has 1 N–H and O–H groups in total. The summed E-state index contributed by atoms with van der Waals surface area (Å²) < 4.78 is 6.06. The SMILES string of the molecule is Cc1nccc(CNC2CCOC3(CCCC3)C2)n1. The highest BCUT2D eigenvalue weighted by molar-refractivity contribution is 5.02. The van der Waals surface area contributed by atoms with Gasteiger partial charge in [0.2, 0.25) is 0 Å². The molecule has 1 saturated heterocycles. The van der Waals surface area contributed by atoms with Gasteiger partial charge < -0.3 is 10.1 Å². The first kappa shape index (κ1) is 13.0. The third-order valence-corrected chi connectivity index (χ3v) is 4.41. The van der Waals surface area contributed by atoms with Crippen LogP contribution in [0.5, 0.6) is 0 Å². The van der Waals surface area contributed by atoms with Crippen LogP contribution < -0.4 is 5.32 Å². The summed E-state index contributed by atoms with van der Waals surface area (Å²) in [6.07, 6.45) is 9.27. The Morgan fingerprint density at radius 3 is 3.05 bits per heavy atom. The van der Waals surface area contributed by atoms with E-state index in [1.54, 1.807) is 0 Å². The molecule has 0 radical (unpaired) electrons. The van der Waals surface area contributed by atoms with E-state index in [-0.39, 0.29) is 5.60 Å². The highest BCUT2D eigenvalue weighted by Crippen LogP contribution is 2.39. The smallest absolute Gasteiger partial charge is 0.125 e. The third kappa shape index (κ3) is 3.12. The van der Waals surface area contributed by atoms with Gasteiger partial charge in [-0.3, -0.25) is 0 Å². The minimum Gasteiger partial charge on any atom is -0.375 e. The Bertz CT molecular complexity index is 429. The van der Waals surface area contributed by atoms with E-state index in [4.69, 9.17) is 4.74 Å². The summed E-state index contributed by atoms with van der Waals surface area (Å²) in [5.41, 5.74) is 1.27. The molecule has 1 unspecified atom stereocenters. The Balaban J connectivity index is 1.55. The number of aryl methyl sites for hydroxylation is 1. The number of hydrogen-bond acceptors (Lipinski definition) is 4. The molecule has 2 heterocycles. The monoisotopic (exact) mass is 261 g/mol. The van der Waals surface area contributed by atoms with Crippen molar-refractivity contribution < 1.29 is 4.74 Å². The molecule has 1 aliphatic carbocycles. The molecule has 4 heteroatoms. The number of nitrogens with one attached hydrogen (secondary N) is 1. The molecule has 0 amide bonds. The largest absolute Gasteiger partial charge is 0.375 e. The molecule has 1 spiro atoms. The Hall–Kier alpha value is -1.00. The van der Waals surface area contributed by atoms with Crippen molar-refractivity contribution in [3.8, 4) is 0 Å². The van der Waals surface area contributed by atoms with E-state index in [2.05, 4.69) is 15.3 Å². The minimum absolute atomic E-state index is 0.192. The zero-order valence-corrected chi connectivity index (χ0v) is 11.7. The summed E-state index contributed by atoms with van der Waals surface area (Å²) in [5, 5.41) is 3.65. The summed E-state index contributed by atoms with van der Waals surface area (Å²) in [6, 6.07) is 2.56. The van der Waals surface area contributed by atoms with E-state index < -0.39 is 0 Å². The lowest BCUT2D eigenvalue weighted by atomic mass is 9.89. The zero-order chi connectivity index (χ0) is 13.1. The number of ether oxygens (including phenoxy) is 1. The van der Waals surface area contributed by atoms with E-state index in [0.717, 1.165) is 37.5 Å². The Kier molecular flexibility index (Phi) is 3.80. The van der Waals surface area contributed by atoms with Gasteiger partial charge >= 0.3 is 0 Å². The summed E-state index contributed by atoms with van der Waals surface area (Å²) in [6.45, 7) is 3.68. The van der Waals surface area contributed by atoms with Crippen LogP contribution in [0.1, 0.15) is 50.0 Å². The Morgan fingerprint density at radius 2 is 2.26 bits per heavy atom. The molecule has 104 valence electrons. The second-order valence-corrected chi connectivity index (χ2v) is 5.90. The molecule has 0 aromatic carbocycles. The summed E-state index contributed by atoms with van der Waals surface area (Å²) in [4.78, 5) is 8.58. The molecule has 0 bridgehead atoms. The quantitative estimate of drug-likeness (QED) is 0.907. The molecule has 1 aliphatic heterocycles. The number of aromatic nitrogens is 2. The van der Waals surface area contributed by atoms with Crippen molar-refractivity contribution in [1.29, 1.82) is 0 Å². The minimum atomic E-state index is 0.192. The van der Waals surface area contributed by atoms with Gasteiger partial charge in [-0.05, 0) is 38.7 Å². The summed E-state index contributed by atoms with van der Waals surface area (Å²) in [5.74, 6) is 0.846. The molecule has 2 fully saturated rings. The fraction of sp³-hybridized carbons (Fsp3) is 0.733. The highest BCUT2D eigenvalue weighted by Gasteiger charge is 2.39. The van der Waals surface area contributed by atoms with Gasteiger partial charge in [0.25, 0.3) is 0 Å². The fourth-order valence-electron chi connectivity index (χ4n) is 3.42. The van der Waals surface area contributed by atoms with Crippen LogP contribution in [0.15, 0.2) is 12.3 Å². The molecule has 1 saturated carbocycles. The van der Waals surface area contributed by atoms with Crippen LogP contribution in [0.3, 0.4) is 0 Å². The van der Waals surface area contributed by atoms with Crippen LogP contribution in [0.2, 0.25) is 0 Å². The van der Waals surface area contributed by atoms with Crippen molar-refractivity contribution >= 4 is 0 Å². The topological polar surface area (TPSA) is 47.0 Å². The van der Waals surface area contributed by atoms with Gasteiger partial charge in [-0.1, -0.05) is 12.8 Å². The Morgan fingerprint density at radius 1 is 1.42 bits per heavy atom. The average Bonchev–Trinajstić information content (AvgIpc) is 2.85. The lowest BCUT2D eigenvalue weighted by Gasteiger charge is -2.38. The number of hydrogen-bond donors (Lipinski definition) is 1. The highest BCUT2D eigenvalue weighted by atomic mass is 16.5. The molecule has 3 rings (SSSR count). The van der Waals surface area contributed by atoms with Crippen molar-refractivity contribution in [2.24, 2.45) is 0 Å². The standard InChI is InChI=1S/C15H23N3O/c1-12-16-8-4-14(18-12)11-17-13-5-9-19-15(10-13)6-2-3-7-15/h4,8,13,17H,2-3,5-7,9-11H2,1H3. The number of rotatable bonds is 3. The molecule has 19 heavy (non-hydrogen) atoms. The van der Waals surface area contributed by atoms with Crippen LogP contribution in [0, 0.1) is 6.92 Å². The van der Waals surface area contributed by atoms with Gasteiger partial charge in [0, 0.05) is 25.4 Å². The van der Waals surface area contributed by atoms with Crippen molar-refractivity contribution in [2.45, 2.75) is 63.6 Å². The first-order chi connectivity index (χ1) is 9.26. The maximum atomic E-state index is 6.06. The Labute approximate surface area is 115 Å². The maximum absolute atomic E-state index is 6.06. The zero-order valence-electron chi connectivity index (χ0n) is 11.7. The van der Waals surface area contributed by atoms with E-state index in [0.29, 0.717) is 6.04 Å². The fourth-order valence-corrected chi connectivity index (χ4v) is 3.42. The molecular weight excluding hydrogens is 238 g/mol. The summed E-state index contributed by atoms with van der Waals surface area (Å²) >= 11 is 0. The first-order valence-electron chi connectivity index (χ1n) is 7.42. The molecule has 1 aromatic heterocycles. The van der Waals surface area contributed by atoms with E-state index >= 15 is 0 Å². The normalized spacial score (nSPS) is 25.8. The van der Waals surface area contributed by atoms with E-state index in [1.165, 1.54) is 25.7 Å². The van der Waals surface area contributed by atoms with Gasteiger partial charge in [0.05, 0.1) is 11.3 Å². The van der Waals surface area contributed by atoms with Gasteiger partial charge in [-0.2, -0.15) is 0 Å². The van der Waals surface area contributed by atoms with Crippen LogP contribution in [-0.2, 0) is 11.3 Å². The van der Waals surface area contributed by atoms with Crippen LogP contribution in [0.4, 0.5) is 0 Å². The average molecular weight is 261 g/mol. The maximum Gasteiger partial charge on any atom is 0.125 e. The molecule has 1 atom stereocenters. The van der Waals surface area contributed by atoms with Crippen molar-refractivity contribution in [1.82, 2.24) is 15.3 Å². The molecule has 2 aliphatic rings. The van der Waals surface area contributed by atoms with Gasteiger partial charge in [-0.25, -0.2) is 9.97 Å². The lowest BCUT2D eigenvalue weighted by Crippen LogP contribution is -2.45. The van der Waals surface area contributed by atoms with Gasteiger partial charge in [0.1, 0.15) is 5.82 Å². The van der Waals surface area contributed by atoms with Crippen LogP contribution >= 0.6 is 0 Å². The molecule has 1 aromatic rings. The number of nitrogens with zero attached hydrogens (tertiary/aromatic N) is 2. The predicted octanol–water partition coefficient (Wildman–Crippen LogP) is 2.37. The van der Waals surface area contributed by atoms with Crippen molar-refractivity contribution in [2.75, 3.05) is 6.61 Å². The predicted molar refractivity (Wildman–Crippen MR) is 73.8 cm³/mol. The van der Waals surface area contributed by atoms with Crippen LogP contribution in [0.25, 0.3) is 0 Å². The van der Waals surface area contributed by atoms with Crippen LogP contribution in [-0.4, -0.2) is 28.2 Å². The lowest BCUT2D eigenvalue weighted by molar-refractivity contribution is -0.0838.